The van der Waals surface area contributed by atoms with Crippen molar-refractivity contribution in [3.63, 3.8) is 0 Å². The van der Waals surface area contributed by atoms with Gasteiger partial charge in [0.25, 0.3) is 0 Å². The van der Waals surface area contributed by atoms with Crippen molar-refractivity contribution in [3.05, 3.63) is 53.5 Å². The average Bonchev–Trinajstić information content (AvgIpc) is 2.93. The molecule has 114 valence electrons. The van der Waals surface area contributed by atoms with E-state index in [0.717, 1.165) is 35.6 Å². The first kappa shape index (κ1) is 15.6. The molecule has 0 aliphatic carbocycles. The van der Waals surface area contributed by atoms with Gasteiger partial charge >= 0.3 is 0 Å². The van der Waals surface area contributed by atoms with Gasteiger partial charge in [-0.25, -0.2) is 0 Å². The van der Waals surface area contributed by atoms with Gasteiger partial charge in [0.2, 0.25) is 0 Å². The zero-order valence-electron chi connectivity index (χ0n) is 12.6. The lowest BCUT2D eigenvalue weighted by molar-refractivity contribution is 0.106. The van der Waals surface area contributed by atoms with E-state index < -0.39 is 6.10 Å². The second kappa shape index (κ2) is 7.86. The van der Waals surface area contributed by atoms with Crippen LogP contribution < -0.4 is 10.1 Å². The summed E-state index contributed by atoms with van der Waals surface area (Å²) in [5, 5.41) is 13.1. The summed E-state index contributed by atoms with van der Waals surface area (Å²) in [6.45, 7) is 5.63. The van der Waals surface area contributed by atoms with E-state index in [0.29, 0.717) is 6.54 Å². The highest BCUT2D eigenvalue weighted by Gasteiger charge is 2.06. The molecule has 4 nitrogen and oxygen atoms in total. The number of nitrogens with one attached hydrogen (secondary N) is 1. The summed E-state index contributed by atoms with van der Waals surface area (Å²) in [6.07, 6.45) is 1.96. The minimum absolute atomic E-state index is 0.288. The quantitative estimate of drug-likeness (QED) is 0.733. The molecule has 2 N–H and O–H groups in total. The molecule has 1 unspecified atom stereocenters. The number of aliphatic hydroxyl groups is 1. The van der Waals surface area contributed by atoms with Crippen LogP contribution in [-0.4, -0.2) is 30.9 Å². The third-order valence-corrected chi connectivity index (χ3v) is 3.15. The first-order valence-corrected chi connectivity index (χ1v) is 7.26. The minimum Gasteiger partial charge on any atom is -0.491 e. The van der Waals surface area contributed by atoms with Crippen molar-refractivity contribution in [1.82, 2.24) is 5.32 Å². The maximum absolute atomic E-state index is 9.90. The summed E-state index contributed by atoms with van der Waals surface area (Å²) in [5.41, 5.74) is 2.33. The Kier molecular flexibility index (Phi) is 5.84. The lowest BCUT2D eigenvalue weighted by Crippen LogP contribution is -2.32. The fraction of sp³-hybridized carbons (Fsp3) is 0.412. The molecule has 0 amide bonds. The Labute approximate surface area is 125 Å². The normalized spacial score (nSPS) is 12.3. The van der Waals surface area contributed by atoms with Crippen molar-refractivity contribution in [3.8, 4) is 5.75 Å². The molecule has 0 aliphatic rings. The standard InChI is InChI=1S/C17H23NO3/c1-13-8-14(2)10-17(9-13)21-12-15(19)11-18-6-5-16-4-3-7-20-16/h3-4,7-10,15,18-19H,5-6,11-12H2,1-2H3. The van der Waals surface area contributed by atoms with Crippen molar-refractivity contribution >= 4 is 0 Å². The Morgan fingerprint density at radius 1 is 1.24 bits per heavy atom. The molecule has 0 saturated heterocycles. The first-order valence-electron chi connectivity index (χ1n) is 7.26. The van der Waals surface area contributed by atoms with Crippen molar-refractivity contribution in [2.45, 2.75) is 26.4 Å². The smallest absolute Gasteiger partial charge is 0.119 e. The molecule has 0 fully saturated rings. The largest absolute Gasteiger partial charge is 0.491 e. The fourth-order valence-electron chi connectivity index (χ4n) is 2.20. The van der Waals surface area contributed by atoms with Crippen LogP contribution in [0.15, 0.2) is 41.0 Å². The summed E-state index contributed by atoms with van der Waals surface area (Å²) in [6, 6.07) is 9.87. The molecule has 1 heterocycles. The molecule has 0 bridgehead atoms. The van der Waals surface area contributed by atoms with Crippen LogP contribution in [0.25, 0.3) is 0 Å². The van der Waals surface area contributed by atoms with Crippen molar-refractivity contribution < 1.29 is 14.3 Å². The van der Waals surface area contributed by atoms with Gasteiger partial charge in [-0.2, -0.15) is 0 Å². The zero-order valence-corrected chi connectivity index (χ0v) is 12.6. The molecule has 21 heavy (non-hydrogen) atoms. The van der Waals surface area contributed by atoms with Gasteiger partial charge in [-0.3, -0.25) is 0 Å². The maximum Gasteiger partial charge on any atom is 0.119 e. The van der Waals surface area contributed by atoms with Crippen molar-refractivity contribution in [2.75, 3.05) is 19.7 Å². The predicted molar refractivity (Wildman–Crippen MR) is 82.7 cm³/mol. The molecule has 2 rings (SSSR count). The molecule has 0 aliphatic heterocycles. The topological polar surface area (TPSA) is 54.6 Å². The highest BCUT2D eigenvalue weighted by atomic mass is 16.5. The SMILES string of the molecule is Cc1cc(C)cc(OCC(O)CNCCc2ccco2)c1. The first-order chi connectivity index (χ1) is 10.1. The van der Waals surface area contributed by atoms with E-state index in [2.05, 4.69) is 11.4 Å². The second-order valence-electron chi connectivity index (χ2n) is 5.32. The molecular weight excluding hydrogens is 266 g/mol. The van der Waals surface area contributed by atoms with Crippen molar-refractivity contribution in [1.29, 1.82) is 0 Å². The maximum atomic E-state index is 9.90. The Hall–Kier alpha value is -1.78. The molecule has 2 aromatic rings. The number of aryl methyl sites for hydroxylation is 2. The molecule has 1 aromatic carbocycles. The lowest BCUT2D eigenvalue weighted by Gasteiger charge is -2.14. The molecular formula is C17H23NO3. The Morgan fingerprint density at radius 2 is 2.00 bits per heavy atom. The highest BCUT2D eigenvalue weighted by Crippen LogP contribution is 2.16. The van der Waals surface area contributed by atoms with Gasteiger partial charge in [0, 0.05) is 19.5 Å². The second-order valence-corrected chi connectivity index (χ2v) is 5.32. The van der Waals surface area contributed by atoms with Crippen molar-refractivity contribution in [2.24, 2.45) is 0 Å². The van der Waals surface area contributed by atoms with Crippen LogP contribution in [0.3, 0.4) is 0 Å². The highest BCUT2D eigenvalue weighted by molar-refractivity contribution is 5.32. The van der Waals surface area contributed by atoms with Crippen LogP contribution in [-0.2, 0) is 6.42 Å². The van der Waals surface area contributed by atoms with Crippen LogP contribution in [0.1, 0.15) is 16.9 Å². The summed E-state index contributed by atoms with van der Waals surface area (Å²) in [7, 11) is 0. The summed E-state index contributed by atoms with van der Waals surface area (Å²) >= 11 is 0. The summed E-state index contributed by atoms with van der Waals surface area (Å²) < 4.78 is 10.9. The van der Waals surface area contributed by atoms with E-state index in [1.165, 1.54) is 0 Å². The summed E-state index contributed by atoms with van der Waals surface area (Å²) in [4.78, 5) is 0. The Balaban J connectivity index is 1.64. The molecule has 0 spiro atoms. The van der Waals surface area contributed by atoms with Gasteiger partial charge in [0.1, 0.15) is 24.2 Å². The van der Waals surface area contributed by atoms with E-state index in [4.69, 9.17) is 9.15 Å². The van der Waals surface area contributed by atoms with Gasteiger partial charge in [-0.15, -0.1) is 0 Å². The number of rotatable bonds is 8. The van der Waals surface area contributed by atoms with Crippen LogP contribution >= 0.6 is 0 Å². The fourth-order valence-corrected chi connectivity index (χ4v) is 2.20. The van der Waals surface area contributed by atoms with Crippen LogP contribution in [0.2, 0.25) is 0 Å². The number of furan rings is 1. The van der Waals surface area contributed by atoms with E-state index in [-0.39, 0.29) is 6.61 Å². The van der Waals surface area contributed by atoms with E-state index in [1.807, 2.05) is 38.1 Å². The zero-order chi connectivity index (χ0) is 15.1. The van der Waals surface area contributed by atoms with Crippen LogP contribution in [0.4, 0.5) is 0 Å². The average molecular weight is 289 g/mol. The minimum atomic E-state index is -0.526. The van der Waals surface area contributed by atoms with Gasteiger partial charge in [-0.05, 0) is 49.2 Å². The monoisotopic (exact) mass is 289 g/mol. The number of ether oxygens (including phenoxy) is 1. The van der Waals surface area contributed by atoms with E-state index in [9.17, 15) is 5.11 Å². The van der Waals surface area contributed by atoms with Gasteiger partial charge < -0.3 is 19.6 Å². The predicted octanol–water partition coefficient (Wildman–Crippen LogP) is 2.47. The van der Waals surface area contributed by atoms with Gasteiger partial charge in [-0.1, -0.05) is 6.07 Å². The number of aliphatic hydroxyl groups excluding tert-OH is 1. The number of hydrogen-bond acceptors (Lipinski definition) is 4. The molecule has 0 saturated carbocycles. The summed E-state index contributed by atoms with van der Waals surface area (Å²) in [5.74, 6) is 1.76. The molecule has 1 atom stereocenters. The Morgan fingerprint density at radius 3 is 2.67 bits per heavy atom. The van der Waals surface area contributed by atoms with Crippen LogP contribution in [0, 0.1) is 13.8 Å². The lowest BCUT2D eigenvalue weighted by atomic mass is 10.1. The van der Waals surface area contributed by atoms with E-state index >= 15 is 0 Å². The molecule has 4 heteroatoms. The Bertz CT molecular complexity index is 517. The van der Waals surface area contributed by atoms with E-state index in [1.54, 1.807) is 6.26 Å². The molecule has 0 radical (unpaired) electrons. The van der Waals surface area contributed by atoms with Gasteiger partial charge in [0.05, 0.1) is 6.26 Å². The number of hydrogen-bond donors (Lipinski definition) is 2. The molecule has 1 aromatic heterocycles. The van der Waals surface area contributed by atoms with Crippen LogP contribution in [0.5, 0.6) is 5.75 Å². The van der Waals surface area contributed by atoms with Gasteiger partial charge in [0.15, 0.2) is 0 Å². The third-order valence-electron chi connectivity index (χ3n) is 3.15. The third kappa shape index (κ3) is 5.61. The number of benzene rings is 1.